The van der Waals surface area contributed by atoms with Crippen molar-refractivity contribution in [2.75, 3.05) is 80.8 Å². The van der Waals surface area contributed by atoms with E-state index in [9.17, 15) is 10.2 Å². The molecule has 0 saturated heterocycles. The van der Waals surface area contributed by atoms with E-state index in [1.54, 1.807) is 0 Å². The molecule has 10 nitrogen and oxygen atoms in total. The fourth-order valence-electron chi connectivity index (χ4n) is 9.89. The highest BCUT2D eigenvalue weighted by atomic mass is 16.5. The highest BCUT2D eigenvalue weighted by Gasteiger charge is 2.29. The van der Waals surface area contributed by atoms with Gasteiger partial charge in [-0.1, -0.05) is 156 Å². The van der Waals surface area contributed by atoms with Crippen LogP contribution in [0.1, 0.15) is 161 Å². The summed E-state index contributed by atoms with van der Waals surface area (Å²) in [5.74, 6) is 3.45. The zero-order valence-corrected chi connectivity index (χ0v) is 51.2. The molecule has 0 aromatic heterocycles. The van der Waals surface area contributed by atoms with Gasteiger partial charge in [0.1, 0.15) is 60.9 Å². The molecular weight excluding hydrogens is 993 g/mol. The van der Waals surface area contributed by atoms with E-state index < -0.39 is 0 Å². The number of rotatable bonds is 18. The van der Waals surface area contributed by atoms with Crippen LogP contribution in [-0.2, 0) is 47.3 Å². The molecule has 0 aliphatic heterocycles. The molecule has 0 spiro atoms. The van der Waals surface area contributed by atoms with Crippen molar-refractivity contribution >= 4 is 12.4 Å². The van der Waals surface area contributed by atoms with Crippen molar-refractivity contribution in [3.63, 3.8) is 0 Å². The third-order valence-electron chi connectivity index (χ3n) is 14.8. The van der Waals surface area contributed by atoms with E-state index >= 15 is 0 Å². The van der Waals surface area contributed by atoms with E-state index in [1.807, 2.05) is 89.2 Å². The summed E-state index contributed by atoms with van der Waals surface area (Å²) in [4.78, 5) is 13.6. The summed E-state index contributed by atoms with van der Waals surface area (Å²) in [7, 11) is 8.18. The van der Waals surface area contributed by atoms with Crippen molar-refractivity contribution in [3.8, 4) is 34.5 Å². The Bertz CT molecular complexity index is 2830. The molecule has 428 valence electrons. The molecule has 0 atom stereocenters. The maximum absolute atomic E-state index is 12.9. The monoisotopic (exact) mass is 1080 g/mol. The Hall–Kier alpha value is -6.62. The molecule has 6 aromatic carbocycles. The number of para-hydroxylation sites is 2. The van der Waals surface area contributed by atoms with E-state index in [-0.39, 0.29) is 59.6 Å². The molecule has 7 rings (SSSR count). The van der Waals surface area contributed by atoms with Crippen molar-refractivity contribution in [1.82, 2.24) is 9.80 Å². The maximum Gasteiger partial charge on any atom is 0.128 e. The first-order chi connectivity index (χ1) is 37.6. The molecule has 1 aliphatic rings. The lowest BCUT2D eigenvalue weighted by atomic mass is 9.79. The number of phenolic OH excluding ortho intramolecular Hbond substituents is 2. The number of aliphatic imine (C=N–C) groups is 2. The average molecular weight is 1090 g/mol. The first kappa shape index (κ1) is 61.0. The number of nitrogens with zero attached hydrogens (tertiary/aromatic N) is 4. The van der Waals surface area contributed by atoms with E-state index in [2.05, 4.69) is 151 Å². The largest absolute Gasteiger partial charge is 0.507 e. The molecule has 0 saturated carbocycles. The molecule has 0 fully saturated rings. The molecule has 1 aliphatic carbocycles. The molecule has 10 heteroatoms. The van der Waals surface area contributed by atoms with Gasteiger partial charge in [0.25, 0.3) is 0 Å². The summed E-state index contributed by atoms with van der Waals surface area (Å²) in [6.45, 7) is 31.0. The van der Waals surface area contributed by atoms with Crippen molar-refractivity contribution in [1.29, 1.82) is 0 Å². The number of likely N-dealkylation sites (N-methyl/N-ethyl adjacent to an activating group) is 2. The van der Waals surface area contributed by atoms with Gasteiger partial charge >= 0.3 is 0 Å². The second kappa shape index (κ2) is 25.9. The van der Waals surface area contributed by atoms with Gasteiger partial charge in [-0.15, -0.1) is 0 Å². The smallest absolute Gasteiger partial charge is 0.128 e. The highest BCUT2D eigenvalue weighted by Crippen LogP contribution is 2.44. The summed E-state index contributed by atoms with van der Waals surface area (Å²) >= 11 is 0. The van der Waals surface area contributed by atoms with Crippen LogP contribution in [-0.4, -0.2) is 113 Å². The van der Waals surface area contributed by atoms with Crippen LogP contribution in [0.15, 0.2) is 107 Å². The first-order valence-corrected chi connectivity index (χ1v) is 28.7. The minimum absolute atomic E-state index is 0.233. The Morgan fingerprint density at radius 2 is 0.662 bits per heavy atom. The van der Waals surface area contributed by atoms with Crippen LogP contribution in [0.2, 0.25) is 0 Å². The first-order valence-electron chi connectivity index (χ1n) is 28.7. The van der Waals surface area contributed by atoms with Crippen LogP contribution >= 0.6 is 0 Å². The molecule has 8 bridgehead atoms. The lowest BCUT2D eigenvalue weighted by Crippen LogP contribution is -2.18. The summed E-state index contributed by atoms with van der Waals surface area (Å²) in [6, 6.07) is 33.7. The second-order valence-electron chi connectivity index (χ2n) is 26.4. The Morgan fingerprint density at radius 1 is 0.400 bits per heavy atom. The molecule has 80 heavy (non-hydrogen) atoms. The number of aromatic hydroxyl groups is 2. The van der Waals surface area contributed by atoms with E-state index in [0.717, 1.165) is 114 Å². The van der Waals surface area contributed by atoms with Crippen molar-refractivity contribution in [2.24, 2.45) is 9.98 Å². The predicted molar refractivity (Wildman–Crippen MR) is 332 cm³/mol. The minimum atomic E-state index is -0.242. The number of hydrogen-bond acceptors (Lipinski definition) is 10. The van der Waals surface area contributed by atoms with Gasteiger partial charge in [-0.25, -0.2) is 0 Å². The summed E-state index contributed by atoms with van der Waals surface area (Å²) in [5.41, 5.74) is 12.4. The SMILES string of the molecule is CN(C)CCN=Cc1ccccc1OCCOc1c2cc(C(C)(C)C)cc1Cc1cc(C(C)(C)C)cc(c1O)Cc1cc(C(C)(C)C)cc(c1OCCOc1ccccc1C=NCCN(C)C)Cc1cc(C(C)(C)C)cc(c1O)C2. The van der Waals surface area contributed by atoms with E-state index in [0.29, 0.717) is 38.8 Å². The Balaban J connectivity index is 1.37. The van der Waals surface area contributed by atoms with E-state index in [1.165, 1.54) is 0 Å². The summed E-state index contributed by atoms with van der Waals surface area (Å²) < 4.78 is 27.0. The van der Waals surface area contributed by atoms with Crippen LogP contribution < -0.4 is 18.9 Å². The van der Waals surface area contributed by atoms with E-state index in [4.69, 9.17) is 18.9 Å². The molecule has 0 unspecified atom stereocenters. The Kier molecular flexibility index (Phi) is 19.7. The third kappa shape index (κ3) is 16.3. The molecule has 6 aromatic rings. The van der Waals surface area contributed by atoms with Crippen molar-refractivity contribution in [3.05, 3.63) is 175 Å². The minimum Gasteiger partial charge on any atom is -0.507 e. The second-order valence-corrected chi connectivity index (χ2v) is 26.4. The molecule has 0 amide bonds. The fraction of sp³-hybridized carbons (Fsp3) is 0.457. The molecule has 2 N–H and O–H groups in total. The normalized spacial score (nSPS) is 13.4. The van der Waals surface area contributed by atoms with Gasteiger partial charge in [0, 0.05) is 62.3 Å². The zero-order chi connectivity index (χ0) is 58.2. The predicted octanol–water partition coefficient (Wildman–Crippen LogP) is 13.8. The quantitative estimate of drug-likeness (QED) is 0.0646. The van der Waals surface area contributed by atoms with Crippen LogP contribution in [0.3, 0.4) is 0 Å². The lowest BCUT2D eigenvalue weighted by molar-refractivity contribution is 0.214. The van der Waals surface area contributed by atoms with Crippen LogP contribution in [0, 0.1) is 0 Å². The standard InChI is InChI=1S/C70H92N4O6/c1-67(2,3)57-37-49-33-53-41-59(69(7,8)9)43-55(65(53)79-31-29-77-61-23-19-17-21-47(61)45-71-25-27-73(13)14)35-51-39-58(68(4,5)6)40-52(64(51)76)36-56-44-60(70(10,11)12)42-54(34-50(38-57)63(49)75)66(56)80-32-30-78-62-24-20-18-22-48(62)46-72-26-28-74(15)16/h17-24,37-46,75-76H,25-36H2,1-16H3. The highest BCUT2D eigenvalue weighted by molar-refractivity contribution is 5.84. The topological polar surface area (TPSA) is 109 Å². The number of phenols is 2. The zero-order valence-electron chi connectivity index (χ0n) is 51.2. The van der Waals surface area contributed by atoms with Gasteiger partial charge in [-0.2, -0.15) is 0 Å². The lowest BCUT2D eigenvalue weighted by Gasteiger charge is -2.28. The van der Waals surface area contributed by atoms with Gasteiger partial charge in [0.15, 0.2) is 0 Å². The van der Waals surface area contributed by atoms with Gasteiger partial charge in [0.05, 0.1) is 13.1 Å². The van der Waals surface area contributed by atoms with Crippen molar-refractivity contribution in [2.45, 2.75) is 130 Å². The number of benzene rings is 6. The van der Waals surface area contributed by atoms with Gasteiger partial charge in [0.2, 0.25) is 0 Å². The molecule has 0 heterocycles. The molecule has 0 radical (unpaired) electrons. The van der Waals surface area contributed by atoms with Crippen LogP contribution in [0.25, 0.3) is 0 Å². The van der Waals surface area contributed by atoms with Crippen LogP contribution in [0.4, 0.5) is 0 Å². The maximum atomic E-state index is 12.9. The number of fused-ring (bicyclic) bond motifs is 8. The number of hydrogen-bond donors (Lipinski definition) is 2. The summed E-state index contributed by atoms with van der Waals surface area (Å²) in [6.07, 6.45) is 5.37. The van der Waals surface area contributed by atoms with Gasteiger partial charge in [-0.05, 0) is 141 Å². The van der Waals surface area contributed by atoms with Gasteiger partial charge < -0.3 is 39.0 Å². The van der Waals surface area contributed by atoms with Gasteiger partial charge in [-0.3, -0.25) is 9.98 Å². The summed E-state index contributed by atoms with van der Waals surface area (Å²) in [5, 5.41) is 25.7. The fourth-order valence-corrected chi connectivity index (χ4v) is 9.89. The van der Waals surface area contributed by atoms with Crippen LogP contribution in [0.5, 0.6) is 34.5 Å². The van der Waals surface area contributed by atoms with Crippen molar-refractivity contribution < 1.29 is 29.2 Å². The average Bonchev–Trinajstić information content (AvgIpc) is 3.51. The third-order valence-corrected chi connectivity index (χ3v) is 14.8. The Labute approximate surface area is 479 Å². The Morgan fingerprint density at radius 3 is 0.938 bits per heavy atom. The number of ether oxygens (including phenoxy) is 4. The molecular formula is C70H92N4O6.